The summed E-state index contributed by atoms with van der Waals surface area (Å²) in [6.45, 7) is 8.91. The second-order valence-electron chi connectivity index (χ2n) is 6.10. The number of aryl methyl sites for hydroxylation is 1. The average molecular weight is 245 g/mol. The number of hydrogen-bond donors (Lipinski definition) is 2. The predicted octanol–water partition coefficient (Wildman–Crippen LogP) is 2.91. The number of rotatable bonds is 2. The van der Waals surface area contributed by atoms with Gasteiger partial charge in [-0.15, -0.1) is 0 Å². The van der Waals surface area contributed by atoms with Gasteiger partial charge in [0.2, 0.25) is 0 Å². The van der Waals surface area contributed by atoms with Gasteiger partial charge in [-0.25, -0.2) is 0 Å². The molecule has 0 unspecified atom stereocenters. The van der Waals surface area contributed by atoms with Crippen LogP contribution in [0.3, 0.4) is 0 Å². The highest BCUT2D eigenvalue weighted by Crippen LogP contribution is 2.32. The van der Waals surface area contributed by atoms with Crippen LogP contribution in [0.2, 0.25) is 0 Å². The van der Waals surface area contributed by atoms with Gasteiger partial charge in [0, 0.05) is 24.3 Å². The Hall–Kier alpha value is -1.51. The number of anilines is 1. The molecular weight excluding hydrogens is 222 g/mol. The summed E-state index contributed by atoms with van der Waals surface area (Å²) >= 11 is 0. The summed E-state index contributed by atoms with van der Waals surface area (Å²) in [5, 5.41) is 7.52. The average Bonchev–Trinajstić information content (AvgIpc) is 2.27. The third-order valence-corrected chi connectivity index (χ3v) is 3.77. The van der Waals surface area contributed by atoms with Crippen molar-refractivity contribution in [2.45, 2.75) is 33.6 Å². The molecule has 3 N–H and O–H groups in total. The van der Waals surface area contributed by atoms with Crippen LogP contribution < -0.4 is 10.6 Å². The van der Waals surface area contributed by atoms with Gasteiger partial charge >= 0.3 is 0 Å². The summed E-state index contributed by atoms with van der Waals surface area (Å²) in [5.41, 5.74) is 9.13. The molecular formula is C15H23N3. The van der Waals surface area contributed by atoms with Gasteiger partial charge in [0.25, 0.3) is 0 Å². The number of nitrogen functional groups attached to an aromatic ring is 1. The molecule has 3 nitrogen and oxygen atoms in total. The maximum Gasteiger partial charge on any atom is 0.123 e. The molecule has 0 atom stereocenters. The lowest BCUT2D eigenvalue weighted by Crippen LogP contribution is -2.40. The smallest absolute Gasteiger partial charge is 0.123 e. The fourth-order valence-electron chi connectivity index (χ4n) is 2.79. The Bertz CT molecular complexity index is 463. The van der Waals surface area contributed by atoms with E-state index >= 15 is 0 Å². The quantitative estimate of drug-likeness (QED) is 0.622. The molecule has 0 amide bonds. The molecule has 1 aromatic rings. The molecule has 1 fully saturated rings. The van der Waals surface area contributed by atoms with Crippen LogP contribution in [0.4, 0.5) is 5.69 Å². The Labute approximate surface area is 109 Å². The molecule has 0 saturated carbocycles. The summed E-state index contributed by atoms with van der Waals surface area (Å²) < 4.78 is 0. The van der Waals surface area contributed by atoms with Crippen LogP contribution in [0.1, 0.15) is 37.8 Å². The zero-order valence-corrected chi connectivity index (χ0v) is 11.6. The number of nitrogens with one attached hydrogen (secondary N) is 1. The van der Waals surface area contributed by atoms with Gasteiger partial charge < -0.3 is 10.6 Å². The molecule has 98 valence electrons. The maximum absolute atomic E-state index is 7.52. The second kappa shape index (κ2) is 4.63. The third kappa shape index (κ3) is 2.66. The summed E-state index contributed by atoms with van der Waals surface area (Å²) in [7, 11) is 0. The lowest BCUT2D eigenvalue weighted by atomic mass is 9.84. The van der Waals surface area contributed by atoms with E-state index in [0.29, 0.717) is 5.41 Å². The molecule has 1 aromatic carbocycles. The number of piperidine rings is 1. The van der Waals surface area contributed by atoms with Crippen molar-refractivity contribution in [3.63, 3.8) is 0 Å². The predicted molar refractivity (Wildman–Crippen MR) is 77.4 cm³/mol. The number of hydrogen-bond acceptors (Lipinski definition) is 2. The van der Waals surface area contributed by atoms with Gasteiger partial charge in [-0.2, -0.15) is 0 Å². The largest absolute Gasteiger partial charge is 0.384 e. The van der Waals surface area contributed by atoms with E-state index in [1.54, 1.807) is 0 Å². The van der Waals surface area contributed by atoms with Crippen molar-refractivity contribution in [3.8, 4) is 0 Å². The van der Waals surface area contributed by atoms with Crippen LogP contribution in [-0.4, -0.2) is 18.9 Å². The van der Waals surface area contributed by atoms with Crippen molar-refractivity contribution in [3.05, 3.63) is 29.3 Å². The van der Waals surface area contributed by atoms with Crippen molar-refractivity contribution < 1.29 is 0 Å². The molecule has 2 rings (SSSR count). The van der Waals surface area contributed by atoms with Crippen molar-refractivity contribution >= 4 is 11.5 Å². The van der Waals surface area contributed by atoms with Crippen molar-refractivity contribution in [2.24, 2.45) is 11.1 Å². The van der Waals surface area contributed by atoms with Crippen LogP contribution in [0.15, 0.2) is 18.2 Å². The Kier molecular flexibility index (Phi) is 3.33. The SMILES string of the molecule is Cc1cc(N2CCCC(C)(C)C2)ccc1C(=N)N. The fraction of sp³-hybridized carbons (Fsp3) is 0.533. The highest BCUT2D eigenvalue weighted by atomic mass is 15.1. The standard InChI is InChI=1S/C15H23N3/c1-11-9-12(5-6-13(11)14(16)17)18-8-4-7-15(2,3)10-18/h5-6,9H,4,7-8,10H2,1-3H3,(H3,16,17). The normalized spacial score (nSPS) is 18.7. The first-order valence-electron chi connectivity index (χ1n) is 6.59. The van der Waals surface area contributed by atoms with E-state index in [2.05, 4.69) is 30.9 Å². The minimum absolute atomic E-state index is 0.151. The number of nitrogens with zero attached hydrogens (tertiary/aromatic N) is 1. The molecule has 0 radical (unpaired) electrons. The van der Waals surface area contributed by atoms with Crippen LogP contribution >= 0.6 is 0 Å². The zero-order valence-electron chi connectivity index (χ0n) is 11.6. The highest BCUT2D eigenvalue weighted by molar-refractivity contribution is 5.96. The molecule has 1 heterocycles. The summed E-state index contributed by atoms with van der Waals surface area (Å²) in [6, 6.07) is 6.21. The highest BCUT2D eigenvalue weighted by Gasteiger charge is 2.26. The lowest BCUT2D eigenvalue weighted by molar-refractivity contribution is 0.293. The molecule has 1 aliphatic heterocycles. The van der Waals surface area contributed by atoms with Crippen LogP contribution in [-0.2, 0) is 0 Å². The molecule has 0 bridgehead atoms. The van der Waals surface area contributed by atoms with Gasteiger partial charge in [-0.3, -0.25) is 5.41 Å². The molecule has 0 aliphatic carbocycles. The Balaban J connectivity index is 2.24. The number of benzene rings is 1. The van der Waals surface area contributed by atoms with Crippen molar-refractivity contribution in [1.82, 2.24) is 0 Å². The molecule has 3 heteroatoms. The Morgan fingerprint density at radius 1 is 1.39 bits per heavy atom. The first-order chi connectivity index (χ1) is 8.39. The molecule has 0 aromatic heterocycles. The van der Waals surface area contributed by atoms with E-state index in [0.717, 1.165) is 24.2 Å². The van der Waals surface area contributed by atoms with E-state index in [9.17, 15) is 0 Å². The molecule has 1 saturated heterocycles. The van der Waals surface area contributed by atoms with E-state index in [-0.39, 0.29) is 5.84 Å². The fourth-order valence-corrected chi connectivity index (χ4v) is 2.79. The van der Waals surface area contributed by atoms with Gasteiger partial charge in [0.1, 0.15) is 5.84 Å². The second-order valence-corrected chi connectivity index (χ2v) is 6.10. The van der Waals surface area contributed by atoms with Gasteiger partial charge in [0.15, 0.2) is 0 Å². The first kappa shape index (κ1) is 12.9. The van der Waals surface area contributed by atoms with Crippen molar-refractivity contribution in [1.29, 1.82) is 5.41 Å². The third-order valence-electron chi connectivity index (χ3n) is 3.77. The summed E-state index contributed by atoms with van der Waals surface area (Å²) in [5.74, 6) is 0.151. The zero-order chi connectivity index (χ0) is 13.3. The van der Waals surface area contributed by atoms with E-state index in [1.165, 1.54) is 18.5 Å². The minimum Gasteiger partial charge on any atom is -0.384 e. The van der Waals surface area contributed by atoms with E-state index in [4.69, 9.17) is 11.1 Å². The first-order valence-corrected chi connectivity index (χ1v) is 6.59. The summed E-state index contributed by atoms with van der Waals surface area (Å²) in [6.07, 6.45) is 2.55. The number of nitrogens with two attached hydrogens (primary N) is 1. The lowest BCUT2D eigenvalue weighted by Gasteiger charge is -2.39. The van der Waals surface area contributed by atoms with E-state index in [1.807, 2.05) is 13.0 Å². The molecule has 0 spiro atoms. The van der Waals surface area contributed by atoms with Crippen LogP contribution in [0.5, 0.6) is 0 Å². The topological polar surface area (TPSA) is 53.1 Å². The maximum atomic E-state index is 7.52. The minimum atomic E-state index is 0.151. The Morgan fingerprint density at radius 2 is 2.11 bits per heavy atom. The summed E-state index contributed by atoms with van der Waals surface area (Å²) in [4.78, 5) is 2.44. The monoisotopic (exact) mass is 245 g/mol. The van der Waals surface area contributed by atoms with Crippen molar-refractivity contribution in [2.75, 3.05) is 18.0 Å². The van der Waals surface area contributed by atoms with Crippen LogP contribution in [0, 0.1) is 17.7 Å². The molecule has 1 aliphatic rings. The van der Waals surface area contributed by atoms with Gasteiger partial charge in [0.05, 0.1) is 0 Å². The van der Waals surface area contributed by atoms with Crippen LogP contribution in [0.25, 0.3) is 0 Å². The number of amidine groups is 1. The molecule has 18 heavy (non-hydrogen) atoms. The van der Waals surface area contributed by atoms with E-state index < -0.39 is 0 Å². The van der Waals surface area contributed by atoms with Gasteiger partial charge in [-0.05, 0) is 48.9 Å². The Morgan fingerprint density at radius 3 is 2.67 bits per heavy atom. The van der Waals surface area contributed by atoms with Gasteiger partial charge in [-0.1, -0.05) is 13.8 Å².